The van der Waals surface area contributed by atoms with Crippen LogP contribution in [-0.2, 0) is 4.79 Å². The van der Waals surface area contributed by atoms with Crippen LogP contribution in [0.1, 0.15) is 13.8 Å². The van der Waals surface area contributed by atoms with Gasteiger partial charge in [-0.05, 0) is 0 Å². The van der Waals surface area contributed by atoms with Gasteiger partial charge in [0.25, 0.3) is 0 Å². The lowest BCUT2D eigenvalue weighted by molar-refractivity contribution is -0.140. The fourth-order valence-electron chi connectivity index (χ4n) is 0. The number of carbonyl (C=O) groups is 1. The van der Waals surface area contributed by atoms with E-state index in [2.05, 4.69) is 0 Å². The Kier molecular flexibility index (Phi) is 7.65. The van der Waals surface area contributed by atoms with E-state index >= 15 is 0 Å². The Labute approximate surface area is 56.7 Å². The summed E-state index contributed by atoms with van der Waals surface area (Å²) in [6.07, 6.45) is 0. The van der Waals surface area contributed by atoms with Gasteiger partial charge in [0, 0.05) is 0 Å². The van der Waals surface area contributed by atoms with Crippen molar-refractivity contribution in [2.24, 2.45) is 5.92 Å². The number of alkyl halides is 3. The number of rotatable bonds is 1. The molecule has 0 aliphatic carbocycles. The second-order valence-corrected chi connectivity index (χ2v) is 1.74. The zero-order valence-corrected chi connectivity index (χ0v) is 5.64. The van der Waals surface area contributed by atoms with E-state index in [0.29, 0.717) is 0 Å². The Morgan fingerprint density at radius 1 is 1.30 bits per heavy atom. The summed E-state index contributed by atoms with van der Waals surface area (Å²) in [6.45, 7) is -0.384. The van der Waals surface area contributed by atoms with Crippen molar-refractivity contribution >= 4 is 5.97 Å². The van der Waals surface area contributed by atoms with Gasteiger partial charge in [-0.25, -0.2) is 0 Å². The number of halogens is 3. The second-order valence-electron chi connectivity index (χ2n) is 1.74. The van der Waals surface area contributed by atoms with Crippen molar-refractivity contribution in [2.45, 2.75) is 20.5 Å². The molecule has 0 aliphatic rings. The van der Waals surface area contributed by atoms with Crippen LogP contribution in [0.4, 0.5) is 13.2 Å². The smallest absolute Gasteiger partial charge is 0.379 e. The van der Waals surface area contributed by atoms with Crippen molar-refractivity contribution in [3.05, 3.63) is 0 Å². The third-order valence-corrected chi connectivity index (χ3v) is 0.494. The lowest BCUT2D eigenvalue weighted by Gasteiger charge is -1.89. The lowest BCUT2D eigenvalue weighted by Crippen LogP contribution is -2.03. The van der Waals surface area contributed by atoms with E-state index in [1.54, 1.807) is 13.8 Å². The number of hydrogen-bond acceptors (Lipinski definition) is 1. The molecule has 1 N–H and O–H groups in total. The highest BCUT2D eigenvalue weighted by molar-refractivity contribution is 5.68. The van der Waals surface area contributed by atoms with Crippen LogP contribution >= 0.6 is 0 Å². The Morgan fingerprint density at radius 3 is 1.40 bits per heavy atom. The minimum absolute atomic E-state index is 0.231. The van der Waals surface area contributed by atoms with Gasteiger partial charge in [-0.1, -0.05) is 13.8 Å². The monoisotopic (exact) mass is 158 g/mol. The van der Waals surface area contributed by atoms with E-state index in [0.717, 1.165) is 0 Å². The van der Waals surface area contributed by atoms with Crippen LogP contribution in [0.25, 0.3) is 0 Å². The fraction of sp³-hybridized carbons (Fsp3) is 0.800. The summed E-state index contributed by atoms with van der Waals surface area (Å²) in [7, 11) is 0. The van der Waals surface area contributed by atoms with Gasteiger partial charge in [-0.3, -0.25) is 4.79 Å². The first-order valence-corrected chi connectivity index (χ1v) is 2.53. The van der Waals surface area contributed by atoms with Crippen LogP contribution in [0.5, 0.6) is 0 Å². The van der Waals surface area contributed by atoms with E-state index in [4.69, 9.17) is 5.11 Å². The first-order chi connectivity index (χ1) is 4.37. The molecule has 0 bridgehead atoms. The summed E-state index contributed by atoms with van der Waals surface area (Å²) >= 11 is 0. The molecule has 0 fully saturated rings. The van der Waals surface area contributed by atoms with Crippen molar-refractivity contribution in [3.63, 3.8) is 0 Å². The summed E-state index contributed by atoms with van der Waals surface area (Å²) in [6, 6.07) is 0. The average Bonchev–Trinajstić information content (AvgIpc) is 1.63. The molecule has 0 amide bonds. The van der Waals surface area contributed by atoms with Gasteiger partial charge < -0.3 is 5.11 Å². The van der Waals surface area contributed by atoms with Crippen LogP contribution in [0.2, 0.25) is 0 Å². The maximum atomic E-state index is 9.70. The number of carboxylic acid groups (broad SMARTS) is 1. The van der Waals surface area contributed by atoms with Crippen LogP contribution in [-0.4, -0.2) is 17.8 Å². The van der Waals surface area contributed by atoms with E-state index in [-0.39, 0.29) is 5.92 Å². The normalized spacial score (nSPS) is 9.10. The summed E-state index contributed by atoms with van der Waals surface area (Å²) < 4.78 is 29.0. The minimum Gasteiger partial charge on any atom is -0.481 e. The van der Waals surface area contributed by atoms with Gasteiger partial charge in [0.15, 0.2) is 0 Å². The minimum atomic E-state index is -3.67. The topological polar surface area (TPSA) is 37.3 Å². The standard InChI is InChI=1S/C4H8O2.CHF3/c1-3(2)4(5)6;2-1(3)4/h3H,1-2H3,(H,5,6);1H. The van der Waals surface area contributed by atoms with Crippen molar-refractivity contribution < 1.29 is 23.1 Å². The molecule has 0 heterocycles. The predicted octanol–water partition coefficient (Wildman–Crippen LogP) is 1.91. The Morgan fingerprint density at radius 2 is 1.40 bits per heavy atom. The van der Waals surface area contributed by atoms with Gasteiger partial charge in [-0.2, -0.15) is 13.2 Å². The van der Waals surface area contributed by atoms with Crippen molar-refractivity contribution in [3.8, 4) is 0 Å². The van der Waals surface area contributed by atoms with Crippen molar-refractivity contribution in [2.75, 3.05) is 0 Å². The zero-order chi connectivity index (χ0) is 8.73. The van der Waals surface area contributed by atoms with E-state index in [9.17, 15) is 18.0 Å². The molecule has 5 heteroatoms. The zero-order valence-electron chi connectivity index (χ0n) is 5.64. The first kappa shape index (κ1) is 12.0. The van der Waals surface area contributed by atoms with Crippen LogP contribution in [0, 0.1) is 5.92 Å². The average molecular weight is 158 g/mol. The molecule has 2 nitrogen and oxygen atoms in total. The second kappa shape index (κ2) is 6.38. The molecule has 10 heavy (non-hydrogen) atoms. The Bertz CT molecular complexity index is 90.1. The van der Waals surface area contributed by atoms with Gasteiger partial charge in [0.2, 0.25) is 0 Å². The summed E-state index contributed by atoms with van der Waals surface area (Å²) in [4.78, 5) is 9.70. The van der Waals surface area contributed by atoms with Crippen molar-refractivity contribution in [1.29, 1.82) is 0 Å². The highest BCUT2D eigenvalue weighted by Gasteiger charge is 1.99. The molecule has 0 aliphatic heterocycles. The largest absolute Gasteiger partial charge is 0.481 e. The molecule has 0 saturated heterocycles. The molecule has 0 unspecified atom stereocenters. The first-order valence-electron chi connectivity index (χ1n) is 2.53. The molecule has 0 aromatic carbocycles. The number of aliphatic carboxylic acids is 1. The summed E-state index contributed by atoms with van der Waals surface area (Å²) in [5.74, 6) is -0.972. The maximum absolute atomic E-state index is 9.70. The van der Waals surface area contributed by atoms with Crippen LogP contribution in [0.3, 0.4) is 0 Å². The van der Waals surface area contributed by atoms with Crippen molar-refractivity contribution in [1.82, 2.24) is 0 Å². The fourth-order valence-corrected chi connectivity index (χ4v) is 0. The third kappa shape index (κ3) is 26.8. The Hall–Kier alpha value is -0.740. The molecule has 0 aromatic rings. The third-order valence-electron chi connectivity index (χ3n) is 0.494. The number of carboxylic acids is 1. The van der Waals surface area contributed by atoms with Gasteiger partial charge in [0.05, 0.1) is 5.92 Å². The van der Waals surface area contributed by atoms with E-state index in [1.807, 2.05) is 0 Å². The highest BCUT2D eigenvalue weighted by atomic mass is 19.4. The van der Waals surface area contributed by atoms with Gasteiger partial charge >= 0.3 is 12.6 Å². The molecule has 0 rings (SSSR count). The van der Waals surface area contributed by atoms with Gasteiger partial charge in [-0.15, -0.1) is 0 Å². The molecule has 62 valence electrons. The van der Waals surface area contributed by atoms with Crippen LogP contribution < -0.4 is 0 Å². The lowest BCUT2D eigenvalue weighted by atomic mass is 10.2. The molecular formula is C5H9F3O2. The summed E-state index contributed by atoms with van der Waals surface area (Å²) in [5, 5.41) is 7.99. The van der Waals surface area contributed by atoms with Gasteiger partial charge in [0.1, 0.15) is 0 Å². The SMILES string of the molecule is CC(C)C(=O)O.FC(F)F. The predicted molar refractivity (Wildman–Crippen MR) is 29.6 cm³/mol. The molecule has 0 radical (unpaired) electrons. The van der Waals surface area contributed by atoms with E-state index < -0.39 is 12.6 Å². The molecule has 0 saturated carbocycles. The molecular weight excluding hydrogens is 149 g/mol. The molecule has 0 spiro atoms. The van der Waals surface area contributed by atoms with Crippen LogP contribution in [0.15, 0.2) is 0 Å². The highest BCUT2D eigenvalue weighted by Crippen LogP contribution is 1.87. The Balaban J connectivity index is 0. The number of hydrogen-bond donors (Lipinski definition) is 1. The quantitative estimate of drug-likeness (QED) is 0.632. The summed E-state index contributed by atoms with van der Waals surface area (Å²) in [5.41, 5.74) is 0. The molecule has 0 atom stereocenters. The molecule has 0 aromatic heterocycles. The maximum Gasteiger partial charge on any atom is 0.379 e. The van der Waals surface area contributed by atoms with E-state index in [1.165, 1.54) is 0 Å².